The summed E-state index contributed by atoms with van der Waals surface area (Å²) in [5.41, 5.74) is 4.36. The molecule has 1 heterocycles. The van der Waals surface area contributed by atoms with Gasteiger partial charge in [-0.1, -0.05) is 41.9 Å². The third kappa shape index (κ3) is 4.53. The van der Waals surface area contributed by atoms with Crippen LogP contribution in [0, 0.1) is 5.82 Å². The lowest BCUT2D eigenvalue weighted by Crippen LogP contribution is -2.12. The second kappa shape index (κ2) is 8.55. The molecule has 144 valence electrons. The number of rotatable bonds is 5. The molecule has 0 atom stereocenters. The van der Waals surface area contributed by atoms with E-state index in [4.69, 9.17) is 21.7 Å². The summed E-state index contributed by atoms with van der Waals surface area (Å²) in [5, 5.41) is 10.0. The quantitative estimate of drug-likeness (QED) is 0.252. The van der Waals surface area contributed by atoms with Gasteiger partial charge < -0.3 is 0 Å². The first-order chi connectivity index (χ1) is 14.1. The molecule has 0 spiro atoms. The maximum Gasteiger partial charge on any atom is 0.211 e. The summed E-state index contributed by atoms with van der Waals surface area (Å²) in [4.78, 5) is 4.74. The molecule has 0 radical (unpaired) electrons. The maximum atomic E-state index is 13.2. The van der Waals surface area contributed by atoms with Crippen LogP contribution in [0.5, 0.6) is 0 Å². The van der Waals surface area contributed by atoms with Crippen LogP contribution in [0.2, 0.25) is 5.02 Å². The first-order valence-corrected chi connectivity index (χ1v) is 10.2. The highest BCUT2D eigenvalue weighted by Gasteiger charge is 2.15. The summed E-state index contributed by atoms with van der Waals surface area (Å²) in [5.74, 6) is -0.265. The summed E-state index contributed by atoms with van der Waals surface area (Å²) in [6, 6.07) is 23.8. The molecule has 0 aliphatic rings. The minimum atomic E-state index is -0.265. The molecule has 0 saturated heterocycles. The van der Waals surface area contributed by atoms with E-state index in [1.54, 1.807) is 12.1 Å². The maximum absolute atomic E-state index is 13.2. The molecule has 0 saturated carbocycles. The van der Waals surface area contributed by atoms with Gasteiger partial charge in [0.1, 0.15) is 5.82 Å². The zero-order valence-electron chi connectivity index (χ0n) is 15.6. The normalized spacial score (nSPS) is 11.5. The molecular formula is C23H17ClFN3S. The zero-order chi connectivity index (χ0) is 20.2. The van der Waals surface area contributed by atoms with Crippen molar-refractivity contribution >= 4 is 39.5 Å². The van der Waals surface area contributed by atoms with Crippen LogP contribution in [0.3, 0.4) is 0 Å². The monoisotopic (exact) mass is 421 g/mol. The summed E-state index contributed by atoms with van der Waals surface area (Å²) in [6.07, 6.45) is 0. The van der Waals surface area contributed by atoms with Crippen molar-refractivity contribution in [2.45, 2.75) is 6.92 Å². The van der Waals surface area contributed by atoms with E-state index >= 15 is 0 Å². The van der Waals surface area contributed by atoms with Crippen LogP contribution in [0.15, 0.2) is 89.3 Å². The number of aromatic nitrogens is 1. The Labute approximate surface area is 177 Å². The minimum absolute atomic E-state index is 0.265. The van der Waals surface area contributed by atoms with Crippen molar-refractivity contribution in [3.8, 4) is 11.3 Å². The third-order valence-electron chi connectivity index (χ3n) is 4.33. The summed E-state index contributed by atoms with van der Waals surface area (Å²) < 4.78 is 13.2. The molecule has 0 aliphatic carbocycles. The summed E-state index contributed by atoms with van der Waals surface area (Å²) in [6.45, 7) is 1.95. The van der Waals surface area contributed by atoms with Crippen LogP contribution < -0.4 is 5.01 Å². The Morgan fingerprint density at radius 1 is 0.966 bits per heavy atom. The van der Waals surface area contributed by atoms with E-state index in [1.165, 1.54) is 23.5 Å². The highest BCUT2D eigenvalue weighted by molar-refractivity contribution is 7.14. The van der Waals surface area contributed by atoms with Crippen molar-refractivity contribution in [3.05, 3.63) is 101 Å². The van der Waals surface area contributed by atoms with Crippen LogP contribution in [0.25, 0.3) is 11.3 Å². The van der Waals surface area contributed by atoms with E-state index in [9.17, 15) is 4.39 Å². The molecule has 0 fully saturated rings. The zero-order valence-corrected chi connectivity index (χ0v) is 17.2. The fourth-order valence-electron chi connectivity index (χ4n) is 2.79. The van der Waals surface area contributed by atoms with Crippen molar-refractivity contribution in [1.29, 1.82) is 0 Å². The highest BCUT2D eigenvalue weighted by atomic mass is 35.5. The van der Waals surface area contributed by atoms with E-state index in [1.807, 2.05) is 71.9 Å². The Morgan fingerprint density at radius 3 is 2.34 bits per heavy atom. The van der Waals surface area contributed by atoms with Crippen LogP contribution in [-0.4, -0.2) is 10.7 Å². The summed E-state index contributed by atoms with van der Waals surface area (Å²) in [7, 11) is 0. The van der Waals surface area contributed by atoms with Crippen LogP contribution in [0.4, 0.5) is 15.2 Å². The standard InChI is InChI=1S/C23H17ClFN3S/c1-16(17-7-11-19(24)12-8-17)27-28(21-5-3-2-4-6-21)23-26-22(15-29-23)18-9-13-20(25)14-10-18/h2-15H,1H3/b27-16+. The van der Waals surface area contributed by atoms with Crippen LogP contribution in [-0.2, 0) is 0 Å². The Balaban J connectivity index is 1.73. The van der Waals surface area contributed by atoms with Gasteiger partial charge in [0.2, 0.25) is 5.13 Å². The van der Waals surface area contributed by atoms with Crippen molar-refractivity contribution in [3.63, 3.8) is 0 Å². The number of halogens is 2. The van der Waals surface area contributed by atoms with E-state index in [0.717, 1.165) is 33.4 Å². The van der Waals surface area contributed by atoms with Gasteiger partial charge >= 0.3 is 0 Å². The SMILES string of the molecule is C/C(=N\N(c1ccccc1)c1nc(-c2ccc(F)cc2)cs1)c1ccc(Cl)cc1. The molecule has 4 rings (SSSR count). The number of nitrogens with zero attached hydrogens (tertiary/aromatic N) is 3. The predicted molar refractivity (Wildman–Crippen MR) is 120 cm³/mol. The number of hydrogen-bond acceptors (Lipinski definition) is 4. The second-order valence-electron chi connectivity index (χ2n) is 6.36. The minimum Gasteiger partial charge on any atom is -0.218 e. The van der Waals surface area contributed by atoms with Gasteiger partial charge in [0.15, 0.2) is 0 Å². The van der Waals surface area contributed by atoms with E-state index < -0.39 is 0 Å². The molecule has 3 nitrogen and oxygen atoms in total. The number of thiazole rings is 1. The molecule has 3 aromatic carbocycles. The fourth-order valence-corrected chi connectivity index (χ4v) is 3.72. The highest BCUT2D eigenvalue weighted by Crippen LogP contribution is 2.32. The molecule has 0 N–H and O–H groups in total. The Bertz CT molecular complexity index is 1120. The molecule has 0 aliphatic heterocycles. The van der Waals surface area contributed by atoms with Gasteiger partial charge in [-0.15, -0.1) is 11.3 Å². The molecule has 4 aromatic rings. The molecule has 1 aromatic heterocycles. The van der Waals surface area contributed by atoms with Crippen LogP contribution >= 0.6 is 22.9 Å². The van der Waals surface area contributed by atoms with E-state index in [0.29, 0.717) is 5.02 Å². The third-order valence-corrected chi connectivity index (χ3v) is 5.39. The lowest BCUT2D eigenvalue weighted by atomic mass is 10.1. The fraction of sp³-hybridized carbons (Fsp3) is 0.0435. The second-order valence-corrected chi connectivity index (χ2v) is 7.63. The van der Waals surface area contributed by atoms with Gasteiger partial charge in [-0.05, 0) is 61.0 Å². The number of para-hydroxylation sites is 1. The predicted octanol–water partition coefficient (Wildman–Crippen LogP) is 7.16. The van der Waals surface area contributed by atoms with Crippen molar-refractivity contribution < 1.29 is 4.39 Å². The summed E-state index contributed by atoms with van der Waals surface area (Å²) >= 11 is 7.49. The van der Waals surface area contributed by atoms with Gasteiger partial charge in [-0.3, -0.25) is 0 Å². The Morgan fingerprint density at radius 2 is 1.66 bits per heavy atom. The largest absolute Gasteiger partial charge is 0.218 e. The van der Waals surface area contributed by atoms with Crippen molar-refractivity contribution in [2.75, 3.05) is 5.01 Å². The molecule has 0 bridgehead atoms. The molecule has 0 amide bonds. The van der Waals surface area contributed by atoms with Gasteiger partial charge in [-0.2, -0.15) is 5.10 Å². The first-order valence-electron chi connectivity index (χ1n) is 8.98. The number of hydrogen-bond donors (Lipinski definition) is 0. The molecular weight excluding hydrogens is 405 g/mol. The van der Waals surface area contributed by atoms with E-state index in [2.05, 4.69) is 0 Å². The topological polar surface area (TPSA) is 28.5 Å². The average Bonchev–Trinajstić information content (AvgIpc) is 3.23. The van der Waals surface area contributed by atoms with Gasteiger partial charge in [-0.25, -0.2) is 14.4 Å². The first kappa shape index (κ1) is 19.3. The molecule has 6 heteroatoms. The average molecular weight is 422 g/mol. The molecule has 29 heavy (non-hydrogen) atoms. The lowest BCUT2D eigenvalue weighted by molar-refractivity contribution is 0.628. The van der Waals surface area contributed by atoms with E-state index in [-0.39, 0.29) is 5.82 Å². The number of hydrazone groups is 1. The smallest absolute Gasteiger partial charge is 0.211 e. The van der Waals surface area contributed by atoms with Gasteiger partial charge in [0.25, 0.3) is 0 Å². The van der Waals surface area contributed by atoms with Crippen molar-refractivity contribution in [1.82, 2.24) is 4.98 Å². The lowest BCUT2D eigenvalue weighted by Gasteiger charge is -2.17. The number of anilines is 2. The number of benzene rings is 3. The van der Waals surface area contributed by atoms with Crippen molar-refractivity contribution in [2.24, 2.45) is 5.10 Å². The van der Waals surface area contributed by atoms with Crippen LogP contribution in [0.1, 0.15) is 12.5 Å². The Kier molecular flexibility index (Phi) is 5.69. The van der Waals surface area contributed by atoms with Gasteiger partial charge in [0, 0.05) is 16.0 Å². The van der Waals surface area contributed by atoms with Gasteiger partial charge in [0.05, 0.1) is 17.1 Å². The molecule has 0 unspecified atom stereocenters. The Hall–Kier alpha value is -3.02.